The van der Waals surface area contributed by atoms with Crippen LogP contribution in [0.25, 0.3) is 0 Å². The van der Waals surface area contributed by atoms with Crippen LogP contribution in [-0.2, 0) is 4.79 Å². The second kappa shape index (κ2) is 4.65. The summed E-state index contributed by atoms with van der Waals surface area (Å²) in [5.74, 6) is 0.159. The summed E-state index contributed by atoms with van der Waals surface area (Å²) in [7, 11) is 0. The maximum atomic E-state index is 10.4. The molecule has 0 bridgehead atoms. The smallest absolute Gasteiger partial charge is 0.341 e. The van der Waals surface area contributed by atoms with Gasteiger partial charge in [0.2, 0.25) is 0 Å². The molecule has 2 atom stereocenters. The van der Waals surface area contributed by atoms with Gasteiger partial charge in [-0.25, -0.2) is 4.79 Å². The van der Waals surface area contributed by atoms with Crippen molar-refractivity contribution in [3.63, 3.8) is 0 Å². The summed E-state index contributed by atoms with van der Waals surface area (Å²) in [6.07, 6.45) is 1.11. The molecule has 1 aromatic rings. The number of hydrogen-bond acceptors (Lipinski definition) is 3. The summed E-state index contributed by atoms with van der Waals surface area (Å²) in [6, 6.07) is 6.16. The summed E-state index contributed by atoms with van der Waals surface area (Å²) in [6.45, 7) is 4.04. The molecule has 0 unspecified atom stereocenters. The summed E-state index contributed by atoms with van der Waals surface area (Å²) < 4.78 is 5.16. The molecule has 92 valence electrons. The van der Waals surface area contributed by atoms with E-state index in [9.17, 15) is 4.79 Å². The van der Waals surface area contributed by atoms with Gasteiger partial charge in [0.25, 0.3) is 0 Å². The van der Waals surface area contributed by atoms with Crippen LogP contribution in [0.3, 0.4) is 0 Å². The third-order valence-electron chi connectivity index (χ3n) is 3.03. The minimum absolute atomic E-state index is 0.302. The number of hydrogen-bond donors (Lipinski definition) is 2. The lowest BCUT2D eigenvalue weighted by atomic mass is 9.89. The van der Waals surface area contributed by atoms with Gasteiger partial charge in [0.1, 0.15) is 5.75 Å². The van der Waals surface area contributed by atoms with Crippen molar-refractivity contribution < 1.29 is 14.6 Å². The van der Waals surface area contributed by atoms with Crippen LogP contribution in [-0.4, -0.2) is 23.7 Å². The Bertz CT molecular complexity index is 431. The van der Waals surface area contributed by atoms with Gasteiger partial charge in [0.15, 0.2) is 6.61 Å². The maximum absolute atomic E-state index is 10.4. The van der Waals surface area contributed by atoms with E-state index in [0.29, 0.717) is 17.7 Å². The normalized spacial score (nSPS) is 22.5. The number of aliphatic carboxylic acids is 1. The molecule has 0 aromatic heterocycles. The number of fused-ring (bicyclic) bond motifs is 1. The molecule has 0 amide bonds. The highest BCUT2D eigenvalue weighted by Crippen LogP contribution is 2.35. The molecule has 17 heavy (non-hydrogen) atoms. The van der Waals surface area contributed by atoms with Gasteiger partial charge < -0.3 is 15.2 Å². The summed E-state index contributed by atoms with van der Waals surface area (Å²) in [5.41, 5.74) is 2.32. The van der Waals surface area contributed by atoms with E-state index in [0.717, 1.165) is 12.1 Å². The first-order valence-corrected chi connectivity index (χ1v) is 5.81. The van der Waals surface area contributed by atoms with Crippen LogP contribution < -0.4 is 10.1 Å². The van der Waals surface area contributed by atoms with Crippen LogP contribution in [0.1, 0.15) is 31.7 Å². The number of anilines is 1. The first kappa shape index (κ1) is 11.8. The second-order valence-corrected chi connectivity index (χ2v) is 4.61. The van der Waals surface area contributed by atoms with Gasteiger partial charge >= 0.3 is 5.97 Å². The molecule has 4 heteroatoms. The predicted molar refractivity (Wildman–Crippen MR) is 65.7 cm³/mol. The Kier molecular flexibility index (Phi) is 3.22. The molecule has 0 saturated heterocycles. The molecular weight excluding hydrogens is 218 g/mol. The Labute approximate surface area is 101 Å². The van der Waals surface area contributed by atoms with Crippen molar-refractivity contribution in [2.45, 2.75) is 32.2 Å². The highest BCUT2D eigenvalue weighted by atomic mass is 16.5. The third-order valence-corrected chi connectivity index (χ3v) is 3.03. The molecule has 4 nitrogen and oxygen atoms in total. The molecule has 0 radical (unpaired) electrons. The highest BCUT2D eigenvalue weighted by molar-refractivity contribution is 5.68. The minimum atomic E-state index is -0.961. The zero-order chi connectivity index (χ0) is 12.4. The van der Waals surface area contributed by atoms with Crippen LogP contribution in [0.2, 0.25) is 0 Å². The average molecular weight is 235 g/mol. The van der Waals surface area contributed by atoms with E-state index >= 15 is 0 Å². The minimum Gasteiger partial charge on any atom is -0.482 e. The van der Waals surface area contributed by atoms with Gasteiger partial charge in [-0.2, -0.15) is 0 Å². The highest BCUT2D eigenvalue weighted by Gasteiger charge is 2.20. The number of benzene rings is 1. The third kappa shape index (κ3) is 2.70. The molecule has 1 heterocycles. The van der Waals surface area contributed by atoms with Crippen LogP contribution in [0, 0.1) is 0 Å². The van der Waals surface area contributed by atoms with Crippen LogP contribution >= 0.6 is 0 Å². The number of carboxylic acids is 1. The zero-order valence-corrected chi connectivity index (χ0v) is 10.1. The van der Waals surface area contributed by atoms with Gasteiger partial charge in [-0.05, 0) is 30.9 Å². The molecule has 0 aliphatic carbocycles. The van der Waals surface area contributed by atoms with E-state index < -0.39 is 5.97 Å². The Hall–Kier alpha value is -1.71. The quantitative estimate of drug-likeness (QED) is 0.845. The number of nitrogens with one attached hydrogen (secondary N) is 1. The van der Waals surface area contributed by atoms with Gasteiger partial charge in [-0.3, -0.25) is 0 Å². The van der Waals surface area contributed by atoms with E-state index in [1.165, 1.54) is 5.56 Å². The van der Waals surface area contributed by atoms with Gasteiger partial charge in [-0.1, -0.05) is 13.0 Å². The molecule has 0 fully saturated rings. The van der Waals surface area contributed by atoms with Gasteiger partial charge in [0.05, 0.1) is 0 Å². The maximum Gasteiger partial charge on any atom is 0.341 e. The van der Waals surface area contributed by atoms with Gasteiger partial charge in [0, 0.05) is 17.8 Å². The number of carboxylic acid groups (broad SMARTS) is 1. The molecule has 2 N–H and O–H groups in total. The Morgan fingerprint density at radius 2 is 2.29 bits per heavy atom. The van der Waals surface area contributed by atoms with E-state index in [4.69, 9.17) is 9.84 Å². The number of ether oxygens (including phenoxy) is 1. The van der Waals surface area contributed by atoms with Crippen molar-refractivity contribution in [2.24, 2.45) is 0 Å². The number of rotatable bonds is 3. The standard InChI is InChI=1S/C13H17NO3/c1-8-5-9(2)14-12-6-10(3-4-11(8)12)17-7-13(15)16/h3-4,6,8-9,14H,5,7H2,1-2H3,(H,15,16)/t8-,9-/m0/s1. The Balaban J connectivity index is 2.18. The van der Waals surface area contributed by atoms with E-state index in [1.807, 2.05) is 18.2 Å². The van der Waals surface area contributed by atoms with Gasteiger partial charge in [-0.15, -0.1) is 0 Å². The van der Waals surface area contributed by atoms with E-state index in [-0.39, 0.29) is 6.61 Å². The lowest BCUT2D eigenvalue weighted by molar-refractivity contribution is -0.139. The summed E-state index contributed by atoms with van der Waals surface area (Å²) in [4.78, 5) is 10.4. The lowest BCUT2D eigenvalue weighted by Gasteiger charge is -2.29. The molecule has 1 aromatic carbocycles. The predicted octanol–water partition coefficient (Wildman–Crippen LogP) is 2.46. The van der Waals surface area contributed by atoms with Crippen LogP contribution in [0.4, 0.5) is 5.69 Å². The monoisotopic (exact) mass is 235 g/mol. The first-order chi connectivity index (χ1) is 8.06. The molecule has 0 saturated carbocycles. The Morgan fingerprint density at radius 3 is 3.00 bits per heavy atom. The summed E-state index contributed by atoms with van der Waals surface area (Å²) in [5, 5.41) is 11.9. The fraction of sp³-hybridized carbons (Fsp3) is 0.462. The fourth-order valence-corrected chi connectivity index (χ4v) is 2.31. The largest absolute Gasteiger partial charge is 0.482 e. The number of carbonyl (C=O) groups is 1. The van der Waals surface area contributed by atoms with Crippen LogP contribution in [0.5, 0.6) is 5.75 Å². The molecule has 0 spiro atoms. The second-order valence-electron chi connectivity index (χ2n) is 4.61. The van der Waals surface area contributed by atoms with E-state index in [2.05, 4.69) is 19.2 Å². The fourth-order valence-electron chi connectivity index (χ4n) is 2.31. The molecule has 1 aliphatic heterocycles. The average Bonchev–Trinajstić information content (AvgIpc) is 2.25. The van der Waals surface area contributed by atoms with Crippen molar-refractivity contribution >= 4 is 11.7 Å². The SMILES string of the molecule is C[C@H]1C[C@H](C)c2ccc(OCC(=O)O)cc2N1. The molecular formula is C13H17NO3. The van der Waals surface area contributed by atoms with Crippen molar-refractivity contribution in [1.29, 1.82) is 0 Å². The van der Waals surface area contributed by atoms with Crippen molar-refractivity contribution in [2.75, 3.05) is 11.9 Å². The zero-order valence-electron chi connectivity index (χ0n) is 10.1. The van der Waals surface area contributed by atoms with E-state index in [1.54, 1.807) is 0 Å². The lowest BCUT2D eigenvalue weighted by Crippen LogP contribution is -2.24. The van der Waals surface area contributed by atoms with Crippen LogP contribution in [0.15, 0.2) is 18.2 Å². The summed E-state index contributed by atoms with van der Waals surface area (Å²) >= 11 is 0. The first-order valence-electron chi connectivity index (χ1n) is 5.81. The van der Waals surface area contributed by atoms with Crippen molar-refractivity contribution in [3.05, 3.63) is 23.8 Å². The molecule has 1 aliphatic rings. The topological polar surface area (TPSA) is 58.6 Å². The molecule has 2 rings (SSSR count). The Morgan fingerprint density at radius 1 is 1.53 bits per heavy atom. The van der Waals surface area contributed by atoms with Crippen molar-refractivity contribution in [3.8, 4) is 5.75 Å². The van der Waals surface area contributed by atoms with Crippen molar-refractivity contribution in [1.82, 2.24) is 0 Å².